The van der Waals surface area contributed by atoms with Crippen molar-refractivity contribution in [2.75, 3.05) is 12.4 Å². The number of ether oxygens (including phenoxy) is 2. The molecule has 28 heavy (non-hydrogen) atoms. The number of aromatic nitrogens is 1. The lowest BCUT2D eigenvalue weighted by Gasteiger charge is -2.09. The average molecular weight is 398 g/mol. The molecule has 3 rings (SSSR count). The predicted molar refractivity (Wildman–Crippen MR) is 108 cm³/mol. The van der Waals surface area contributed by atoms with Crippen molar-refractivity contribution in [3.05, 3.63) is 84.6 Å². The summed E-state index contributed by atoms with van der Waals surface area (Å²) in [5.41, 5.74) is 0.803. The second kappa shape index (κ2) is 9.87. The summed E-state index contributed by atoms with van der Waals surface area (Å²) in [6.45, 7) is 0.541. The van der Waals surface area contributed by atoms with E-state index in [1.165, 1.54) is 0 Å². The lowest BCUT2D eigenvalue weighted by molar-refractivity contribution is 0.317. The summed E-state index contributed by atoms with van der Waals surface area (Å²) >= 11 is 0. The Morgan fingerprint density at radius 3 is 2.46 bits per heavy atom. The van der Waals surface area contributed by atoms with Crippen molar-refractivity contribution in [3.8, 4) is 17.4 Å². The Morgan fingerprint density at radius 1 is 0.893 bits per heavy atom. The molecule has 0 fully saturated rings. The molecule has 0 unspecified atom stereocenters. The largest absolute Gasteiger partial charge is 0.494 e. The van der Waals surface area contributed by atoms with Crippen LogP contribution in [0.15, 0.2) is 79.0 Å². The van der Waals surface area contributed by atoms with Gasteiger partial charge in [-0.2, -0.15) is 0 Å². The maximum atomic E-state index is 12.2. The Balaban J connectivity index is 1.45. The Hall–Kier alpha value is -2.90. The van der Waals surface area contributed by atoms with E-state index in [1.54, 1.807) is 24.4 Å². The first kappa shape index (κ1) is 19.9. The van der Waals surface area contributed by atoms with Gasteiger partial charge in [0.05, 0.1) is 12.4 Å². The Kier molecular flexibility index (Phi) is 7.00. The molecule has 146 valence electrons. The lowest BCUT2D eigenvalue weighted by Crippen LogP contribution is -2.26. The number of para-hydroxylation sites is 1. The molecule has 0 amide bonds. The van der Waals surface area contributed by atoms with Gasteiger partial charge in [0.2, 0.25) is 15.9 Å². The average Bonchev–Trinajstić information content (AvgIpc) is 2.72. The standard InChI is InChI=1S/C21H22N2O4S/c24-28(25,15-7-14-26-19-9-2-1-3-10-19)23-17-18-8-6-11-20(16-18)27-21-12-4-5-13-22-21/h1-6,8-13,16,23H,7,14-15,17H2. The highest BCUT2D eigenvalue weighted by Crippen LogP contribution is 2.20. The van der Waals surface area contributed by atoms with Crippen LogP contribution in [0, 0.1) is 0 Å². The number of rotatable bonds is 10. The normalized spacial score (nSPS) is 11.1. The van der Waals surface area contributed by atoms with Gasteiger partial charge in [0.15, 0.2) is 0 Å². The van der Waals surface area contributed by atoms with Gasteiger partial charge in [-0.3, -0.25) is 0 Å². The van der Waals surface area contributed by atoms with Gasteiger partial charge >= 0.3 is 0 Å². The summed E-state index contributed by atoms with van der Waals surface area (Å²) in [6, 6.07) is 22.0. The maximum Gasteiger partial charge on any atom is 0.219 e. The van der Waals surface area contributed by atoms with Crippen LogP contribution in [0.4, 0.5) is 0 Å². The SMILES string of the molecule is O=S(=O)(CCCOc1ccccc1)NCc1cccc(Oc2ccccn2)c1. The van der Waals surface area contributed by atoms with Crippen LogP contribution in [0.2, 0.25) is 0 Å². The topological polar surface area (TPSA) is 77.5 Å². The molecule has 7 heteroatoms. The van der Waals surface area contributed by atoms with Gasteiger partial charge in [-0.25, -0.2) is 18.1 Å². The minimum absolute atomic E-state index is 0.00393. The molecule has 1 N–H and O–H groups in total. The number of nitrogens with one attached hydrogen (secondary N) is 1. The zero-order chi connectivity index (χ0) is 19.7. The molecule has 2 aromatic carbocycles. The molecule has 0 bridgehead atoms. The number of sulfonamides is 1. The summed E-state index contributed by atoms with van der Waals surface area (Å²) in [4.78, 5) is 4.11. The van der Waals surface area contributed by atoms with E-state index in [9.17, 15) is 8.42 Å². The van der Waals surface area contributed by atoms with Crippen molar-refractivity contribution in [2.24, 2.45) is 0 Å². The van der Waals surface area contributed by atoms with Crippen LogP contribution in [0.3, 0.4) is 0 Å². The minimum atomic E-state index is -3.39. The molecule has 0 saturated heterocycles. The first-order chi connectivity index (χ1) is 13.6. The molecule has 1 aromatic heterocycles. The summed E-state index contributed by atoms with van der Waals surface area (Å²) < 4.78 is 38.2. The monoisotopic (exact) mass is 398 g/mol. The molecule has 0 saturated carbocycles. The summed E-state index contributed by atoms with van der Waals surface area (Å²) in [5.74, 6) is 1.83. The molecular weight excluding hydrogens is 376 g/mol. The highest BCUT2D eigenvalue weighted by molar-refractivity contribution is 7.89. The molecule has 1 heterocycles. The van der Waals surface area contributed by atoms with Gasteiger partial charge in [-0.05, 0) is 42.3 Å². The quantitative estimate of drug-likeness (QED) is 0.526. The van der Waals surface area contributed by atoms with E-state index < -0.39 is 10.0 Å². The van der Waals surface area contributed by atoms with Crippen molar-refractivity contribution in [1.29, 1.82) is 0 Å². The van der Waals surface area contributed by atoms with E-state index in [2.05, 4.69) is 9.71 Å². The predicted octanol–water partition coefficient (Wildman–Crippen LogP) is 3.76. The maximum absolute atomic E-state index is 12.2. The Labute approximate surface area is 165 Å². The fraction of sp³-hybridized carbons (Fsp3) is 0.190. The number of hydrogen-bond acceptors (Lipinski definition) is 5. The lowest BCUT2D eigenvalue weighted by atomic mass is 10.2. The van der Waals surface area contributed by atoms with E-state index in [-0.39, 0.29) is 12.3 Å². The number of nitrogens with zero attached hydrogens (tertiary/aromatic N) is 1. The Bertz CT molecular complexity index is 964. The molecule has 0 aliphatic carbocycles. The van der Waals surface area contributed by atoms with Crippen molar-refractivity contribution >= 4 is 10.0 Å². The number of pyridine rings is 1. The molecule has 6 nitrogen and oxygen atoms in total. The van der Waals surface area contributed by atoms with Gasteiger partial charge in [-0.15, -0.1) is 0 Å². The highest BCUT2D eigenvalue weighted by atomic mass is 32.2. The highest BCUT2D eigenvalue weighted by Gasteiger charge is 2.10. The van der Waals surface area contributed by atoms with Gasteiger partial charge in [0.1, 0.15) is 11.5 Å². The molecule has 0 aliphatic heterocycles. The van der Waals surface area contributed by atoms with Gasteiger partial charge in [-0.1, -0.05) is 36.4 Å². The smallest absolute Gasteiger partial charge is 0.219 e. The number of hydrogen-bond donors (Lipinski definition) is 1. The Morgan fingerprint density at radius 2 is 1.68 bits per heavy atom. The molecule has 0 radical (unpaired) electrons. The van der Waals surface area contributed by atoms with Gasteiger partial charge in [0, 0.05) is 18.8 Å². The van der Waals surface area contributed by atoms with Crippen LogP contribution >= 0.6 is 0 Å². The third-order valence-corrected chi connectivity index (χ3v) is 5.23. The van der Waals surface area contributed by atoms with Crippen LogP contribution in [0.1, 0.15) is 12.0 Å². The molecule has 3 aromatic rings. The second-order valence-electron chi connectivity index (χ2n) is 6.07. The van der Waals surface area contributed by atoms with Crippen molar-refractivity contribution in [2.45, 2.75) is 13.0 Å². The minimum Gasteiger partial charge on any atom is -0.494 e. The van der Waals surface area contributed by atoms with E-state index in [4.69, 9.17) is 9.47 Å². The molecule has 0 spiro atoms. The van der Waals surface area contributed by atoms with Crippen molar-refractivity contribution < 1.29 is 17.9 Å². The van der Waals surface area contributed by atoms with Crippen molar-refractivity contribution in [1.82, 2.24) is 9.71 Å². The molecule has 0 atom stereocenters. The zero-order valence-corrected chi connectivity index (χ0v) is 16.1. The van der Waals surface area contributed by atoms with Crippen LogP contribution < -0.4 is 14.2 Å². The van der Waals surface area contributed by atoms with Crippen LogP contribution in [-0.4, -0.2) is 25.8 Å². The number of benzene rings is 2. The first-order valence-electron chi connectivity index (χ1n) is 8.94. The molecular formula is C21H22N2O4S. The van der Waals surface area contributed by atoms with Gasteiger partial charge in [0.25, 0.3) is 0 Å². The van der Waals surface area contributed by atoms with E-state index >= 15 is 0 Å². The van der Waals surface area contributed by atoms with Crippen LogP contribution in [0.25, 0.3) is 0 Å². The van der Waals surface area contributed by atoms with Crippen LogP contribution in [-0.2, 0) is 16.6 Å². The zero-order valence-electron chi connectivity index (χ0n) is 15.3. The summed E-state index contributed by atoms with van der Waals surface area (Å²) in [7, 11) is -3.39. The van der Waals surface area contributed by atoms with E-state index in [0.29, 0.717) is 24.7 Å². The van der Waals surface area contributed by atoms with Gasteiger partial charge < -0.3 is 9.47 Å². The summed E-state index contributed by atoms with van der Waals surface area (Å²) in [5, 5.41) is 0. The van der Waals surface area contributed by atoms with Crippen LogP contribution in [0.5, 0.6) is 17.4 Å². The summed E-state index contributed by atoms with van der Waals surface area (Å²) in [6.07, 6.45) is 2.06. The van der Waals surface area contributed by atoms with E-state index in [1.807, 2.05) is 54.6 Å². The fourth-order valence-corrected chi connectivity index (χ4v) is 3.50. The first-order valence-corrected chi connectivity index (χ1v) is 10.6. The molecule has 0 aliphatic rings. The third-order valence-electron chi connectivity index (χ3n) is 3.82. The van der Waals surface area contributed by atoms with E-state index in [0.717, 1.165) is 11.3 Å². The van der Waals surface area contributed by atoms with Crippen molar-refractivity contribution in [3.63, 3.8) is 0 Å². The third kappa shape index (κ3) is 6.68. The second-order valence-corrected chi connectivity index (χ2v) is 8.00. The fourth-order valence-electron chi connectivity index (χ4n) is 2.47.